The lowest BCUT2D eigenvalue weighted by Gasteiger charge is -2.16. The summed E-state index contributed by atoms with van der Waals surface area (Å²) in [7, 11) is 1.57. The standard InChI is InChI=1S/C18H20O5/c1-3-22-15-6-4-13(5-7-15)12-17(18(19)20)23-16-10-8-14(21-2)9-11-16/h4-11,17H,3,12H2,1-2H3,(H,19,20). The van der Waals surface area contributed by atoms with Gasteiger partial charge in [-0.25, -0.2) is 4.79 Å². The third kappa shape index (κ3) is 4.92. The first-order valence-electron chi connectivity index (χ1n) is 7.37. The molecule has 0 heterocycles. The molecule has 1 unspecified atom stereocenters. The van der Waals surface area contributed by atoms with Crippen LogP contribution in [0.15, 0.2) is 48.5 Å². The van der Waals surface area contributed by atoms with E-state index >= 15 is 0 Å². The lowest BCUT2D eigenvalue weighted by Crippen LogP contribution is -2.29. The van der Waals surface area contributed by atoms with Crippen molar-refractivity contribution in [2.24, 2.45) is 0 Å². The zero-order chi connectivity index (χ0) is 16.7. The molecule has 5 heteroatoms. The van der Waals surface area contributed by atoms with Crippen LogP contribution in [0.2, 0.25) is 0 Å². The number of rotatable bonds is 8. The highest BCUT2D eigenvalue weighted by Crippen LogP contribution is 2.20. The summed E-state index contributed by atoms with van der Waals surface area (Å²) in [5.74, 6) is 0.939. The third-order valence-corrected chi connectivity index (χ3v) is 3.27. The Morgan fingerprint density at radius 3 is 2.09 bits per heavy atom. The van der Waals surface area contributed by atoms with Gasteiger partial charge in [0.2, 0.25) is 0 Å². The monoisotopic (exact) mass is 316 g/mol. The maximum Gasteiger partial charge on any atom is 0.345 e. The van der Waals surface area contributed by atoms with Crippen molar-refractivity contribution in [1.29, 1.82) is 0 Å². The van der Waals surface area contributed by atoms with Gasteiger partial charge in [0, 0.05) is 6.42 Å². The zero-order valence-corrected chi connectivity index (χ0v) is 13.2. The van der Waals surface area contributed by atoms with Crippen LogP contribution < -0.4 is 14.2 Å². The van der Waals surface area contributed by atoms with Crippen LogP contribution in [-0.2, 0) is 11.2 Å². The van der Waals surface area contributed by atoms with E-state index in [1.165, 1.54) is 0 Å². The van der Waals surface area contributed by atoms with Gasteiger partial charge in [0.25, 0.3) is 0 Å². The van der Waals surface area contributed by atoms with Crippen LogP contribution in [0.4, 0.5) is 0 Å². The Morgan fingerprint density at radius 2 is 1.57 bits per heavy atom. The van der Waals surface area contributed by atoms with E-state index in [0.717, 1.165) is 11.3 Å². The summed E-state index contributed by atoms with van der Waals surface area (Å²) < 4.78 is 16.0. The Labute approximate surface area is 135 Å². The molecule has 0 saturated heterocycles. The number of carboxylic acids is 1. The largest absolute Gasteiger partial charge is 0.497 e. The average Bonchev–Trinajstić information content (AvgIpc) is 2.57. The van der Waals surface area contributed by atoms with Gasteiger partial charge in [-0.05, 0) is 48.9 Å². The predicted molar refractivity (Wildman–Crippen MR) is 86.4 cm³/mol. The van der Waals surface area contributed by atoms with E-state index < -0.39 is 12.1 Å². The van der Waals surface area contributed by atoms with Gasteiger partial charge < -0.3 is 19.3 Å². The quantitative estimate of drug-likeness (QED) is 0.810. The molecule has 0 amide bonds. The van der Waals surface area contributed by atoms with Gasteiger partial charge in [-0.1, -0.05) is 12.1 Å². The molecule has 5 nitrogen and oxygen atoms in total. The maximum absolute atomic E-state index is 11.4. The van der Waals surface area contributed by atoms with E-state index in [1.807, 2.05) is 31.2 Å². The van der Waals surface area contributed by atoms with Crippen molar-refractivity contribution in [2.75, 3.05) is 13.7 Å². The minimum Gasteiger partial charge on any atom is -0.497 e. The number of hydrogen-bond donors (Lipinski definition) is 1. The second-order valence-electron chi connectivity index (χ2n) is 4.90. The number of carboxylic acid groups (broad SMARTS) is 1. The Hall–Kier alpha value is -2.69. The third-order valence-electron chi connectivity index (χ3n) is 3.27. The molecular formula is C18H20O5. The van der Waals surface area contributed by atoms with Gasteiger partial charge >= 0.3 is 5.97 Å². The summed E-state index contributed by atoms with van der Waals surface area (Å²) >= 11 is 0. The first kappa shape index (κ1) is 16.7. The topological polar surface area (TPSA) is 65.0 Å². The van der Waals surface area contributed by atoms with Crippen molar-refractivity contribution >= 4 is 5.97 Å². The summed E-state index contributed by atoms with van der Waals surface area (Å²) in [5, 5.41) is 9.36. The minimum absolute atomic E-state index is 0.272. The van der Waals surface area contributed by atoms with Crippen LogP contribution in [0.25, 0.3) is 0 Å². The molecule has 0 saturated carbocycles. The lowest BCUT2D eigenvalue weighted by molar-refractivity contribution is -0.145. The second kappa shape index (κ2) is 8.08. The molecular weight excluding hydrogens is 296 g/mol. The molecule has 0 bridgehead atoms. The fourth-order valence-corrected chi connectivity index (χ4v) is 2.10. The molecule has 0 fully saturated rings. The molecule has 2 aromatic carbocycles. The van der Waals surface area contributed by atoms with Crippen molar-refractivity contribution in [2.45, 2.75) is 19.4 Å². The van der Waals surface area contributed by atoms with Crippen LogP contribution in [0.3, 0.4) is 0 Å². The smallest absolute Gasteiger partial charge is 0.345 e. The number of hydrogen-bond acceptors (Lipinski definition) is 4. The van der Waals surface area contributed by atoms with E-state index in [-0.39, 0.29) is 6.42 Å². The number of benzene rings is 2. The van der Waals surface area contributed by atoms with E-state index in [0.29, 0.717) is 18.1 Å². The highest BCUT2D eigenvalue weighted by atomic mass is 16.5. The normalized spacial score (nSPS) is 11.6. The van der Waals surface area contributed by atoms with Gasteiger partial charge in [0.05, 0.1) is 13.7 Å². The van der Waals surface area contributed by atoms with Gasteiger partial charge in [0.1, 0.15) is 17.2 Å². The summed E-state index contributed by atoms with van der Waals surface area (Å²) in [6.45, 7) is 2.51. The van der Waals surface area contributed by atoms with E-state index in [9.17, 15) is 9.90 Å². The molecule has 0 spiro atoms. The Balaban J connectivity index is 2.04. The molecule has 1 N–H and O–H groups in total. The highest BCUT2D eigenvalue weighted by molar-refractivity contribution is 5.73. The van der Waals surface area contributed by atoms with Crippen LogP contribution in [-0.4, -0.2) is 30.9 Å². The van der Waals surface area contributed by atoms with Crippen LogP contribution >= 0.6 is 0 Å². The first-order valence-corrected chi connectivity index (χ1v) is 7.37. The fourth-order valence-electron chi connectivity index (χ4n) is 2.10. The highest BCUT2D eigenvalue weighted by Gasteiger charge is 2.20. The molecule has 0 aliphatic rings. The lowest BCUT2D eigenvalue weighted by atomic mass is 10.1. The molecule has 23 heavy (non-hydrogen) atoms. The Kier molecular flexibility index (Phi) is 5.86. The number of aliphatic carboxylic acids is 1. The second-order valence-corrected chi connectivity index (χ2v) is 4.90. The van der Waals surface area contributed by atoms with Crippen molar-refractivity contribution in [3.63, 3.8) is 0 Å². The molecule has 2 rings (SSSR count). The van der Waals surface area contributed by atoms with E-state index in [2.05, 4.69) is 0 Å². The SMILES string of the molecule is CCOc1ccc(CC(Oc2ccc(OC)cc2)C(=O)O)cc1. The van der Waals surface area contributed by atoms with E-state index in [1.54, 1.807) is 31.4 Å². The molecule has 2 aromatic rings. The van der Waals surface area contributed by atoms with Crippen LogP contribution in [0, 0.1) is 0 Å². The number of carbonyl (C=O) groups is 1. The van der Waals surface area contributed by atoms with Crippen molar-refractivity contribution in [3.8, 4) is 17.2 Å². The molecule has 0 radical (unpaired) electrons. The number of ether oxygens (including phenoxy) is 3. The Morgan fingerprint density at radius 1 is 1.00 bits per heavy atom. The minimum atomic E-state index is -1.00. The first-order chi connectivity index (χ1) is 11.1. The van der Waals surface area contributed by atoms with Gasteiger partial charge in [-0.2, -0.15) is 0 Å². The predicted octanol–water partition coefficient (Wildman–Crippen LogP) is 3.17. The van der Waals surface area contributed by atoms with Crippen molar-refractivity contribution in [3.05, 3.63) is 54.1 Å². The van der Waals surface area contributed by atoms with E-state index in [4.69, 9.17) is 14.2 Å². The molecule has 0 aromatic heterocycles. The zero-order valence-electron chi connectivity index (χ0n) is 13.2. The molecule has 0 aliphatic carbocycles. The number of methoxy groups -OCH3 is 1. The summed E-state index contributed by atoms with van der Waals surface area (Å²) in [6.07, 6.45) is -0.685. The summed E-state index contributed by atoms with van der Waals surface area (Å²) in [5.41, 5.74) is 0.870. The molecule has 0 aliphatic heterocycles. The molecule has 1 atom stereocenters. The van der Waals surface area contributed by atoms with Gasteiger partial charge in [-0.15, -0.1) is 0 Å². The van der Waals surface area contributed by atoms with Crippen LogP contribution in [0.5, 0.6) is 17.2 Å². The Bertz CT molecular complexity index is 619. The maximum atomic E-state index is 11.4. The molecule has 122 valence electrons. The van der Waals surface area contributed by atoms with Gasteiger partial charge in [0.15, 0.2) is 6.10 Å². The average molecular weight is 316 g/mol. The fraction of sp³-hybridized carbons (Fsp3) is 0.278. The van der Waals surface area contributed by atoms with Crippen molar-refractivity contribution < 1.29 is 24.1 Å². The van der Waals surface area contributed by atoms with Crippen molar-refractivity contribution in [1.82, 2.24) is 0 Å². The van der Waals surface area contributed by atoms with Crippen LogP contribution in [0.1, 0.15) is 12.5 Å². The summed E-state index contributed by atoms with van der Waals surface area (Å²) in [4.78, 5) is 11.4. The summed E-state index contributed by atoms with van der Waals surface area (Å²) in [6, 6.07) is 14.2. The van der Waals surface area contributed by atoms with Gasteiger partial charge in [-0.3, -0.25) is 0 Å².